The van der Waals surface area contributed by atoms with Gasteiger partial charge in [-0.25, -0.2) is 0 Å². The summed E-state index contributed by atoms with van der Waals surface area (Å²) in [5, 5.41) is 0. The van der Waals surface area contributed by atoms with Gasteiger partial charge in [-0.15, -0.1) is 0 Å². The van der Waals surface area contributed by atoms with E-state index in [-0.39, 0.29) is 0 Å². The Morgan fingerprint density at radius 2 is 2.40 bits per heavy atom. The van der Waals surface area contributed by atoms with Crippen LogP contribution >= 0.6 is 0 Å². The molecule has 1 aliphatic rings. The molecule has 0 spiro atoms. The van der Waals surface area contributed by atoms with Crippen LogP contribution < -0.4 is 0 Å². The van der Waals surface area contributed by atoms with E-state index in [1.54, 1.807) is 0 Å². The van der Waals surface area contributed by atoms with Crippen LogP contribution in [0.15, 0.2) is 12.2 Å². The van der Waals surface area contributed by atoms with Gasteiger partial charge in [0.25, 0.3) is 0 Å². The lowest BCUT2D eigenvalue weighted by atomic mass is 9.98. The Morgan fingerprint density at radius 1 is 1.60 bits per heavy atom. The number of rotatable bonds is 3. The Hall–Kier alpha value is -0.260. The molecule has 0 N–H and O–H groups in total. The minimum atomic E-state index is 0.889. The SMILES string of the molecule is C=C1CCCC1CCCC. The van der Waals surface area contributed by atoms with E-state index in [0.29, 0.717) is 0 Å². The second-order valence-corrected chi connectivity index (χ2v) is 3.39. The Morgan fingerprint density at radius 3 is 2.90 bits per heavy atom. The number of unbranched alkanes of at least 4 members (excludes halogenated alkanes) is 1. The normalized spacial score (nSPS) is 25.7. The highest BCUT2D eigenvalue weighted by Crippen LogP contribution is 2.32. The van der Waals surface area contributed by atoms with Crippen molar-refractivity contribution in [3.8, 4) is 0 Å². The molecule has 0 aromatic rings. The summed E-state index contributed by atoms with van der Waals surface area (Å²) in [6, 6.07) is 0. The van der Waals surface area contributed by atoms with Crippen molar-refractivity contribution in [2.45, 2.75) is 45.4 Å². The first kappa shape index (κ1) is 7.84. The smallest absolute Gasteiger partial charge is 0.0206 e. The van der Waals surface area contributed by atoms with E-state index in [2.05, 4.69) is 13.5 Å². The minimum Gasteiger partial charge on any atom is -0.0996 e. The zero-order chi connectivity index (χ0) is 7.40. The fourth-order valence-electron chi connectivity index (χ4n) is 1.78. The Kier molecular flexibility index (Phi) is 2.98. The highest BCUT2D eigenvalue weighted by atomic mass is 14.2. The van der Waals surface area contributed by atoms with E-state index in [4.69, 9.17) is 0 Å². The van der Waals surface area contributed by atoms with Gasteiger partial charge in [-0.05, 0) is 31.6 Å². The number of hydrogen-bond acceptors (Lipinski definition) is 0. The Bertz CT molecular complexity index is 113. The molecule has 0 heteroatoms. The van der Waals surface area contributed by atoms with Gasteiger partial charge in [-0.2, -0.15) is 0 Å². The van der Waals surface area contributed by atoms with Crippen molar-refractivity contribution in [3.05, 3.63) is 12.2 Å². The highest BCUT2D eigenvalue weighted by molar-refractivity contribution is 5.05. The van der Waals surface area contributed by atoms with Crippen molar-refractivity contribution in [2.75, 3.05) is 0 Å². The second kappa shape index (κ2) is 3.80. The molecule has 0 amide bonds. The third kappa shape index (κ3) is 1.86. The second-order valence-electron chi connectivity index (χ2n) is 3.39. The molecule has 58 valence electrons. The molecule has 0 heterocycles. The average Bonchev–Trinajstić information content (AvgIpc) is 2.31. The lowest BCUT2D eigenvalue weighted by Crippen LogP contribution is -1.94. The predicted molar refractivity (Wildman–Crippen MR) is 46.0 cm³/mol. The van der Waals surface area contributed by atoms with Gasteiger partial charge in [0, 0.05) is 0 Å². The molecule has 1 unspecified atom stereocenters. The number of hydrogen-bond donors (Lipinski definition) is 0. The van der Waals surface area contributed by atoms with Crippen LogP contribution in [-0.2, 0) is 0 Å². The van der Waals surface area contributed by atoms with Crippen molar-refractivity contribution >= 4 is 0 Å². The van der Waals surface area contributed by atoms with E-state index in [1.165, 1.54) is 44.1 Å². The quantitative estimate of drug-likeness (QED) is 0.523. The van der Waals surface area contributed by atoms with Crippen LogP contribution in [0.4, 0.5) is 0 Å². The van der Waals surface area contributed by atoms with Crippen LogP contribution in [0, 0.1) is 5.92 Å². The van der Waals surface area contributed by atoms with Crippen molar-refractivity contribution in [1.29, 1.82) is 0 Å². The Balaban J connectivity index is 2.20. The van der Waals surface area contributed by atoms with Gasteiger partial charge >= 0.3 is 0 Å². The monoisotopic (exact) mass is 138 g/mol. The molecule has 1 fully saturated rings. The van der Waals surface area contributed by atoms with Gasteiger partial charge in [0.1, 0.15) is 0 Å². The molecule has 0 saturated heterocycles. The molecule has 0 nitrogen and oxygen atoms in total. The van der Waals surface area contributed by atoms with Crippen molar-refractivity contribution in [3.63, 3.8) is 0 Å². The maximum atomic E-state index is 4.09. The molecule has 0 aromatic carbocycles. The van der Waals surface area contributed by atoms with Gasteiger partial charge in [-0.1, -0.05) is 31.9 Å². The molecule has 1 aliphatic carbocycles. The van der Waals surface area contributed by atoms with Gasteiger partial charge in [0.2, 0.25) is 0 Å². The van der Waals surface area contributed by atoms with Gasteiger partial charge in [0.05, 0.1) is 0 Å². The summed E-state index contributed by atoms with van der Waals surface area (Å²) in [5.41, 5.74) is 1.52. The minimum absolute atomic E-state index is 0.889. The molecule has 1 saturated carbocycles. The van der Waals surface area contributed by atoms with Crippen molar-refractivity contribution < 1.29 is 0 Å². The molecular weight excluding hydrogens is 120 g/mol. The zero-order valence-corrected chi connectivity index (χ0v) is 7.03. The molecule has 0 aliphatic heterocycles. The maximum absolute atomic E-state index is 4.09. The van der Waals surface area contributed by atoms with Crippen molar-refractivity contribution in [2.24, 2.45) is 5.92 Å². The van der Waals surface area contributed by atoms with Gasteiger partial charge in [0.15, 0.2) is 0 Å². The van der Waals surface area contributed by atoms with E-state index >= 15 is 0 Å². The van der Waals surface area contributed by atoms with E-state index in [0.717, 1.165) is 5.92 Å². The van der Waals surface area contributed by atoms with Crippen LogP contribution in [0.25, 0.3) is 0 Å². The van der Waals surface area contributed by atoms with Crippen molar-refractivity contribution in [1.82, 2.24) is 0 Å². The van der Waals surface area contributed by atoms with E-state index in [1.807, 2.05) is 0 Å². The van der Waals surface area contributed by atoms with E-state index in [9.17, 15) is 0 Å². The summed E-state index contributed by atoms with van der Waals surface area (Å²) >= 11 is 0. The lowest BCUT2D eigenvalue weighted by molar-refractivity contribution is 0.541. The molecule has 1 rings (SSSR count). The van der Waals surface area contributed by atoms with E-state index < -0.39 is 0 Å². The molecular formula is C10H18. The number of allylic oxidation sites excluding steroid dienone is 1. The summed E-state index contributed by atoms with van der Waals surface area (Å²) in [7, 11) is 0. The third-order valence-corrected chi connectivity index (χ3v) is 2.53. The first-order valence-electron chi connectivity index (χ1n) is 4.52. The third-order valence-electron chi connectivity index (χ3n) is 2.53. The van der Waals surface area contributed by atoms with Gasteiger partial charge in [-0.3, -0.25) is 0 Å². The molecule has 10 heavy (non-hydrogen) atoms. The molecule has 0 radical (unpaired) electrons. The molecule has 0 bridgehead atoms. The average molecular weight is 138 g/mol. The van der Waals surface area contributed by atoms with Crippen LogP contribution in [0.3, 0.4) is 0 Å². The largest absolute Gasteiger partial charge is 0.0996 e. The first-order chi connectivity index (χ1) is 4.84. The van der Waals surface area contributed by atoms with Crippen LogP contribution in [0.5, 0.6) is 0 Å². The molecule has 0 aromatic heterocycles. The summed E-state index contributed by atoms with van der Waals surface area (Å²) in [6.07, 6.45) is 8.24. The topological polar surface area (TPSA) is 0 Å². The summed E-state index contributed by atoms with van der Waals surface area (Å²) in [5.74, 6) is 0.889. The standard InChI is InChI=1S/C10H18/c1-3-4-7-10-8-5-6-9(10)2/h10H,2-8H2,1H3. The van der Waals surface area contributed by atoms with Crippen LogP contribution in [0.1, 0.15) is 45.4 Å². The summed E-state index contributed by atoms with van der Waals surface area (Å²) in [4.78, 5) is 0. The summed E-state index contributed by atoms with van der Waals surface area (Å²) in [6.45, 7) is 6.35. The predicted octanol–water partition coefficient (Wildman–Crippen LogP) is 3.53. The van der Waals surface area contributed by atoms with Gasteiger partial charge < -0.3 is 0 Å². The van der Waals surface area contributed by atoms with Crippen LogP contribution in [0.2, 0.25) is 0 Å². The fraction of sp³-hybridized carbons (Fsp3) is 0.800. The summed E-state index contributed by atoms with van der Waals surface area (Å²) < 4.78 is 0. The molecule has 1 atom stereocenters. The zero-order valence-electron chi connectivity index (χ0n) is 7.03. The first-order valence-corrected chi connectivity index (χ1v) is 4.52. The lowest BCUT2D eigenvalue weighted by Gasteiger charge is -2.08. The van der Waals surface area contributed by atoms with Crippen LogP contribution in [-0.4, -0.2) is 0 Å². The Labute approximate surface area is 64.3 Å². The fourth-order valence-corrected chi connectivity index (χ4v) is 1.78. The highest BCUT2D eigenvalue weighted by Gasteiger charge is 2.17. The maximum Gasteiger partial charge on any atom is -0.0206 e.